The van der Waals surface area contributed by atoms with E-state index in [4.69, 9.17) is 4.98 Å². The number of hydrogen-bond donors (Lipinski definition) is 1. The molecule has 0 atom stereocenters. The molecule has 0 saturated carbocycles. The summed E-state index contributed by atoms with van der Waals surface area (Å²) in [6.07, 6.45) is 1.83. The van der Waals surface area contributed by atoms with Crippen LogP contribution in [0.25, 0.3) is 0 Å². The second-order valence-corrected chi connectivity index (χ2v) is 7.25. The van der Waals surface area contributed by atoms with Crippen LogP contribution in [-0.4, -0.2) is 21.5 Å². The van der Waals surface area contributed by atoms with Crippen molar-refractivity contribution in [2.75, 3.05) is 11.9 Å². The van der Waals surface area contributed by atoms with Gasteiger partial charge in [-0.1, -0.05) is 27.7 Å². The van der Waals surface area contributed by atoms with Gasteiger partial charge in [0, 0.05) is 29.5 Å². The van der Waals surface area contributed by atoms with Crippen molar-refractivity contribution < 1.29 is 0 Å². The Morgan fingerprint density at radius 1 is 1.19 bits per heavy atom. The van der Waals surface area contributed by atoms with E-state index in [0.29, 0.717) is 0 Å². The molecule has 0 aliphatic carbocycles. The molecule has 0 unspecified atom stereocenters. The number of hydrogen-bond acceptors (Lipinski definition) is 5. The molecule has 2 heterocycles. The lowest BCUT2D eigenvalue weighted by Gasteiger charge is -2.14. The number of aromatic nitrogens is 3. The topological polar surface area (TPSA) is 50.7 Å². The highest BCUT2D eigenvalue weighted by Gasteiger charge is 2.17. The number of rotatable bonds is 5. The summed E-state index contributed by atoms with van der Waals surface area (Å²) in [5.74, 6) is 0.722. The van der Waals surface area contributed by atoms with E-state index in [9.17, 15) is 0 Å². The zero-order valence-corrected chi connectivity index (χ0v) is 14.3. The average molecular weight is 304 g/mol. The fourth-order valence-corrected chi connectivity index (χ4v) is 2.97. The molecule has 21 heavy (non-hydrogen) atoms. The van der Waals surface area contributed by atoms with Crippen molar-refractivity contribution >= 4 is 17.3 Å². The lowest BCUT2D eigenvalue weighted by Crippen LogP contribution is -2.11. The molecular weight excluding hydrogens is 280 g/mol. The highest BCUT2D eigenvalue weighted by atomic mass is 32.1. The van der Waals surface area contributed by atoms with Crippen molar-refractivity contribution in [1.29, 1.82) is 0 Å². The summed E-state index contributed by atoms with van der Waals surface area (Å²) in [6, 6.07) is 2.04. The minimum Gasteiger partial charge on any atom is -0.354 e. The van der Waals surface area contributed by atoms with Crippen molar-refractivity contribution in [3.8, 4) is 0 Å². The largest absolute Gasteiger partial charge is 0.354 e. The van der Waals surface area contributed by atoms with Crippen LogP contribution in [0.4, 0.5) is 5.95 Å². The van der Waals surface area contributed by atoms with Crippen molar-refractivity contribution in [2.24, 2.45) is 0 Å². The Morgan fingerprint density at radius 3 is 2.57 bits per heavy atom. The predicted molar refractivity (Wildman–Crippen MR) is 89.2 cm³/mol. The highest BCUT2D eigenvalue weighted by Crippen LogP contribution is 2.25. The van der Waals surface area contributed by atoms with Gasteiger partial charge in [-0.05, 0) is 19.4 Å². The Bertz CT molecular complexity index is 599. The van der Waals surface area contributed by atoms with Gasteiger partial charge in [-0.15, -0.1) is 11.3 Å². The molecule has 4 nitrogen and oxygen atoms in total. The first-order valence-corrected chi connectivity index (χ1v) is 8.29. The highest BCUT2D eigenvalue weighted by molar-refractivity contribution is 7.09. The molecule has 0 saturated heterocycles. The second-order valence-electron chi connectivity index (χ2n) is 6.30. The number of nitrogens with zero attached hydrogens (tertiary/aromatic N) is 3. The van der Waals surface area contributed by atoms with Crippen LogP contribution in [0.3, 0.4) is 0 Å². The van der Waals surface area contributed by atoms with Gasteiger partial charge >= 0.3 is 0 Å². The predicted octanol–water partition coefficient (Wildman–Crippen LogP) is 3.95. The van der Waals surface area contributed by atoms with E-state index in [1.807, 2.05) is 13.0 Å². The molecule has 0 amide bonds. The average Bonchev–Trinajstić information content (AvgIpc) is 2.84. The normalized spacial score (nSPS) is 11.7. The molecule has 1 N–H and O–H groups in total. The third kappa shape index (κ3) is 4.49. The summed E-state index contributed by atoms with van der Waals surface area (Å²) in [7, 11) is 0. The van der Waals surface area contributed by atoms with E-state index in [1.54, 1.807) is 11.3 Å². The summed E-state index contributed by atoms with van der Waals surface area (Å²) in [6.45, 7) is 11.6. The van der Waals surface area contributed by atoms with Gasteiger partial charge < -0.3 is 5.32 Å². The zero-order chi connectivity index (χ0) is 15.5. The standard InChI is InChI=1S/C16H24N4S/c1-6-7-17-15-18-11(2)8-12(19-15)9-14-20-13(10-21-14)16(3,4)5/h8,10H,6-7,9H2,1-5H3,(H,17,18,19). The number of aryl methyl sites for hydroxylation is 1. The number of anilines is 1. The minimum atomic E-state index is 0.101. The van der Waals surface area contributed by atoms with E-state index in [1.165, 1.54) is 0 Å². The first kappa shape index (κ1) is 15.9. The summed E-state index contributed by atoms with van der Waals surface area (Å²) < 4.78 is 0. The Hall–Kier alpha value is -1.49. The molecular formula is C16H24N4S. The molecule has 0 aromatic carbocycles. The molecule has 0 spiro atoms. The van der Waals surface area contributed by atoms with Crippen LogP contribution < -0.4 is 5.32 Å². The van der Waals surface area contributed by atoms with Crippen molar-refractivity contribution in [3.05, 3.63) is 33.5 Å². The molecule has 0 aliphatic rings. The molecule has 2 aromatic heterocycles. The first-order valence-electron chi connectivity index (χ1n) is 7.42. The Labute approximate surface area is 131 Å². The van der Waals surface area contributed by atoms with Gasteiger partial charge in [0.15, 0.2) is 0 Å². The maximum absolute atomic E-state index is 4.74. The zero-order valence-electron chi connectivity index (χ0n) is 13.5. The monoisotopic (exact) mass is 304 g/mol. The minimum absolute atomic E-state index is 0.101. The maximum atomic E-state index is 4.74. The molecule has 2 aromatic rings. The molecule has 114 valence electrons. The summed E-state index contributed by atoms with van der Waals surface area (Å²) >= 11 is 1.71. The fourth-order valence-electron chi connectivity index (χ4n) is 1.93. The van der Waals surface area contributed by atoms with Gasteiger partial charge in [0.2, 0.25) is 5.95 Å². The van der Waals surface area contributed by atoms with Gasteiger partial charge in [0.1, 0.15) is 0 Å². The quantitative estimate of drug-likeness (QED) is 0.908. The lowest BCUT2D eigenvalue weighted by atomic mass is 9.93. The van der Waals surface area contributed by atoms with Crippen LogP contribution in [0, 0.1) is 6.92 Å². The van der Waals surface area contributed by atoms with Crippen LogP contribution in [0.5, 0.6) is 0 Å². The van der Waals surface area contributed by atoms with Gasteiger partial charge in [-0.2, -0.15) is 0 Å². The molecule has 0 bridgehead atoms. The molecule has 2 rings (SSSR count). The smallest absolute Gasteiger partial charge is 0.223 e. The van der Waals surface area contributed by atoms with Crippen LogP contribution in [0.2, 0.25) is 0 Å². The molecule has 0 radical (unpaired) electrons. The van der Waals surface area contributed by atoms with E-state index in [-0.39, 0.29) is 5.41 Å². The number of thiazole rings is 1. The van der Waals surface area contributed by atoms with E-state index in [2.05, 4.69) is 48.4 Å². The van der Waals surface area contributed by atoms with Crippen LogP contribution >= 0.6 is 11.3 Å². The summed E-state index contributed by atoms with van der Waals surface area (Å²) in [4.78, 5) is 13.7. The summed E-state index contributed by atoms with van der Waals surface area (Å²) in [5, 5.41) is 6.51. The SMILES string of the molecule is CCCNc1nc(C)cc(Cc2nc(C(C)(C)C)cs2)n1. The van der Waals surface area contributed by atoms with Gasteiger partial charge in [-0.25, -0.2) is 15.0 Å². The molecule has 5 heteroatoms. The number of nitrogens with one attached hydrogen (secondary N) is 1. The van der Waals surface area contributed by atoms with Crippen molar-refractivity contribution in [1.82, 2.24) is 15.0 Å². The van der Waals surface area contributed by atoms with Crippen molar-refractivity contribution in [2.45, 2.75) is 52.9 Å². The fraction of sp³-hybridized carbons (Fsp3) is 0.562. The Morgan fingerprint density at radius 2 is 1.95 bits per heavy atom. The molecule has 0 fully saturated rings. The van der Waals surface area contributed by atoms with Gasteiger partial charge in [0.05, 0.1) is 16.4 Å². The molecule has 0 aliphatic heterocycles. The second kappa shape index (κ2) is 6.52. The van der Waals surface area contributed by atoms with E-state index < -0.39 is 0 Å². The summed E-state index contributed by atoms with van der Waals surface area (Å²) in [5.41, 5.74) is 3.27. The van der Waals surface area contributed by atoms with Crippen molar-refractivity contribution in [3.63, 3.8) is 0 Å². The van der Waals surface area contributed by atoms with Crippen LogP contribution in [0.15, 0.2) is 11.4 Å². The lowest BCUT2D eigenvalue weighted by molar-refractivity contribution is 0.571. The first-order chi connectivity index (χ1) is 9.88. The van der Waals surface area contributed by atoms with Gasteiger partial charge in [0.25, 0.3) is 0 Å². The van der Waals surface area contributed by atoms with Gasteiger partial charge in [-0.3, -0.25) is 0 Å². The van der Waals surface area contributed by atoms with E-state index >= 15 is 0 Å². The Kier molecular flexibility index (Phi) is 4.93. The van der Waals surface area contributed by atoms with Crippen LogP contribution in [0.1, 0.15) is 56.2 Å². The van der Waals surface area contributed by atoms with Crippen LogP contribution in [-0.2, 0) is 11.8 Å². The third-order valence-electron chi connectivity index (χ3n) is 3.09. The maximum Gasteiger partial charge on any atom is 0.223 e. The van der Waals surface area contributed by atoms with E-state index in [0.717, 1.165) is 47.4 Å². The Balaban J connectivity index is 2.15. The third-order valence-corrected chi connectivity index (χ3v) is 3.94.